The molecule has 0 bridgehead atoms. The van der Waals surface area contributed by atoms with Gasteiger partial charge in [0, 0.05) is 23.8 Å². The Morgan fingerprint density at radius 3 is 2.74 bits per heavy atom. The second kappa shape index (κ2) is 6.19. The number of thioether (sulfide) groups is 1. The molecule has 2 rings (SSSR count). The van der Waals surface area contributed by atoms with Crippen LogP contribution in [0.25, 0.3) is 0 Å². The molecule has 1 aromatic heterocycles. The van der Waals surface area contributed by atoms with Crippen LogP contribution in [-0.4, -0.2) is 21.1 Å². The lowest BCUT2D eigenvalue weighted by Crippen LogP contribution is -2.22. The Labute approximate surface area is 115 Å². The van der Waals surface area contributed by atoms with E-state index in [1.165, 1.54) is 11.8 Å². The Morgan fingerprint density at radius 1 is 1.32 bits per heavy atom. The van der Waals surface area contributed by atoms with Crippen molar-refractivity contribution in [2.24, 2.45) is 0 Å². The number of nitrogens with one attached hydrogen (secondary N) is 1. The van der Waals surface area contributed by atoms with Gasteiger partial charge in [0.15, 0.2) is 5.16 Å². The molecule has 3 N–H and O–H groups in total. The number of hydrogen-bond acceptors (Lipinski definition) is 5. The van der Waals surface area contributed by atoms with Gasteiger partial charge < -0.3 is 11.1 Å². The Balaban J connectivity index is 1.96. The number of aromatic nitrogens is 2. The van der Waals surface area contributed by atoms with E-state index in [4.69, 9.17) is 5.73 Å². The third-order valence-electron chi connectivity index (χ3n) is 2.35. The number of benzene rings is 1. The van der Waals surface area contributed by atoms with E-state index in [2.05, 4.69) is 15.3 Å². The number of carbonyl (C=O) groups is 1. The van der Waals surface area contributed by atoms with Crippen molar-refractivity contribution >= 4 is 29.0 Å². The highest BCUT2D eigenvalue weighted by atomic mass is 32.2. The number of nitrogens with zero attached hydrogens (tertiary/aromatic N) is 2. The van der Waals surface area contributed by atoms with Crippen LogP contribution in [0.1, 0.15) is 6.92 Å². The Kier molecular flexibility index (Phi) is 4.35. The third-order valence-corrected chi connectivity index (χ3v) is 3.34. The average Bonchev–Trinajstić information content (AvgIpc) is 2.40. The van der Waals surface area contributed by atoms with Gasteiger partial charge in [-0.05, 0) is 31.2 Å². The van der Waals surface area contributed by atoms with Crippen molar-refractivity contribution in [2.45, 2.75) is 17.3 Å². The van der Waals surface area contributed by atoms with Gasteiger partial charge in [-0.2, -0.15) is 0 Å². The fourth-order valence-electron chi connectivity index (χ4n) is 1.42. The molecular weight excluding hydrogens is 260 g/mol. The lowest BCUT2D eigenvalue weighted by molar-refractivity contribution is -0.115. The Bertz CT molecular complexity index is 562. The minimum Gasteiger partial charge on any atom is -0.399 e. The topological polar surface area (TPSA) is 80.9 Å². The number of hydrogen-bond donors (Lipinski definition) is 2. The van der Waals surface area contributed by atoms with E-state index >= 15 is 0 Å². The summed E-state index contributed by atoms with van der Waals surface area (Å²) in [6, 6.07) is 8.81. The van der Waals surface area contributed by atoms with Gasteiger partial charge in [-0.3, -0.25) is 4.79 Å². The van der Waals surface area contributed by atoms with Gasteiger partial charge in [0.25, 0.3) is 0 Å². The highest BCUT2D eigenvalue weighted by molar-refractivity contribution is 8.00. The lowest BCUT2D eigenvalue weighted by Gasteiger charge is -2.11. The first-order valence-electron chi connectivity index (χ1n) is 5.75. The smallest absolute Gasteiger partial charge is 0.237 e. The van der Waals surface area contributed by atoms with E-state index in [0.29, 0.717) is 16.5 Å². The zero-order valence-electron chi connectivity index (χ0n) is 10.4. The third kappa shape index (κ3) is 3.96. The Hall–Kier alpha value is -2.08. The SMILES string of the molecule is CC(Sc1ncccn1)C(=O)Nc1cccc(N)c1. The van der Waals surface area contributed by atoms with Crippen LogP contribution >= 0.6 is 11.8 Å². The van der Waals surface area contributed by atoms with Gasteiger partial charge in [0.2, 0.25) is 5.91 Å². The lowest BCUT2D eigenvalue weighted by atomic mass is 10.3. The van der Waals surface area contributed by atoms with Crippen molar-refractivity contribution < 1.29 is 4.79 Å². The molecule has 5 nitrogen and oxygen atoms in total. The van der Waals surface area contributed by atoms with Crippen molar-refractivity contribution in [3.8, 4) is 0 Å². The van der Waals surface area contributed by atoms with Gasteiger partial charge in [-0.1, -0.05) is 17.8 Å². The highest BCUT2D eigenvalue weighted by Crippen LogP contribution is 2.20. The minimum absolute atomic E-state index is 0.108. The number of anilines is 2. The first kappa shape index (κ1) is 13.4. The summed E-state index contributed by atoms with van der Waals surface area (Å²) in [5.41, 5.74) is 6.96. The second-order valence-electron chi connectivity index (χ2n) is 3.91. The van der Waals surface area contributed by atoms with Crippen LogP contribution in [-0.2, 0) is 4.79 Å². The van der Waals surface area contributed by atoms with Crippen LogP contribution in [0.15, 0.2) is 47.9 Å². The molecule has 19 heavy (non-hydrogen) atoms. The summed E-state index contributed by atoms with van der Waals surface area (Å²) in [5, 5.41) is 3.10. The molecule has 1 unspecified atom stereocenters. The molecular formula is C13H14N4OS. The molecule has 98 valence electrons. The number of rotatable bonds is 4. The van der Waals surface area contributed by atoms with Gasteiger partial charge in [0.05, 0.1) is 5.25 Å². The first-order chi connectivity index (χ1) is 9.15. The normalized spacial score (nSPS) is 11.8. The highest BCUT2D eigenvalue weighted by Gasteiger charge is 2.15. The summed E-state index contributed by atoms with van der Waals surface area (Å²) < 4.78 is 0. The standard InChI is InChI=1S/C13H14N4OS/c1-9(19-13-15-6-3-7-16-13)12(18)17-11-5-2-4-10(14)8-11/h2-9H,14H2,1H3,(H,17,18). The fourth-order valence-corrected chi connectivity index (χ4v) is 2.14. The molecule has 0 spiro atoms. The van der Waals surface area contributed by atoms with Crippen molar-refractivity contribution in [3.05, 3.63) is 42.7 Å². The summed E-state index contributed by atoms with van der Waals surface area (Å²) >= 11 is 1.31. The van der Waals surface area contributed by atoms with Crippen LogP contribution in [0, 0.1) is 0 Å². The van der Waals surface area contributed by atoms with E-state index < -0.39 is 0 Å². The predicted molar refractivity (Wildman–Crippen MR) is 76.8 cm³/mol. The van der Waals surface area contributed by atoms with E-state index in [1.807, 2.05) is 6.92 Å². The molecule has 0 saturated heterocycles. The molecule has 0 fully saturated rings. The zero-order valence-corrected chi connectivity index (χ0v) is 11.2. The summed E-state index contributed by atoms with van der Waals surface area (Å²) in [6.45, 7) is 1.81. The molecule has 0 aliphatic carbocycles. The summed E-state index contributed by atoms with van der Waals surface area (Å²) in [7, 11) is 0. The maximum atomic E-state index is 12.0. The maximum absolute atomic E-state index is 12.0. The molecule has 1 aromatic carbocycles. The number of amides is 1. The van der Waals surface area contributed by atoms with E-state index in [9.17, 15) is 4.79 Å². The van der Waals surface area contributed by atoms with Crippen LogP contribution in [0.2, 0.25) is 0 Å². The van der Waals surface area contributed by atoms with Crippen LogP contribution in [0.3, 0.4) is 0 Å². The van der Waals surface area contributed by atoms with Crippen LogP contribution in [0.5, 0.6) is 0 Å². The molecule has 0 aliphatic rings. The van der Waals surface area contributed by atoms with Crippen molar-refractivity contribution in [3.63, 3.8) is 0 Å². The molecule has 2 aromatic rings. The van der Waals surface area contributed by atoms with Crippen molar-refractivity contribution in [1.82, 2.24) is 9.97 Å². The Morgan fingerprint density at radius 2 is 2.05 bits per heavy atom. The van der Waals surface area contributed by atoms with Crippen molar-refractivity contribution in [1.29, 1.82) is 0 Å². The molecule has 6 heteroatoms. The van der Waals surface area contributed by atoms with Crippen LogP contribution < -0.4 is 11.1 Å². The monoisotopic (exact) mass is 274 g/mol. The molecule has 1 amide bonds. The summed E-state index contributed by atoms with van der Waals surface area (Å²) in [6.07, 6.45) is 3.30. The van der Waals surface area contributed by atoms with Crippen LogP contribution in [0.4, 0.5) is 11.4 Å². The maximum Gasteiger partial charge on any atom is 0.237 e. The largest absolute Gasteiger partial charge is 0.399 e. The van der Waals surface area contributed by atoms with E-state index in [-0.39, 0.29) is 11.2 Å². The zero-order chi connectivity index (χ0) is 13.7. The van der Waals surface area contributed by atoms with Gasteiger partial charge in [-0.25, -0.2) is 9.97 Å². The van der Waals surface area contributed by atoms with Crippen molar-refractivity contribution in [2.75, 3.05) is 11.1 Å². The minimum atomic E-state index is -0.288. The summed E-state index contributed by atoms with van der Waals surface area (Å²) in [5.74, 6) is -0.108. The number of nitrogen functional groups attached to an aromatic ring is 1. The molecule has 1 heterocycles. The average molecular weight is 274 g/mol. The van der Waals surface area contributed by atoms with E-state index in [1.54, 1.807) is 42.7 Å². The molecule has 0 radical (unpaired) electrons. The van der Waals surface area contributed by atoms with Gasteiger partial charge in [-0.15, -0.1) is 0 Å². The first-order valence-corrected chi connectivity index (χ1v) is 6.63. The quantitative estimate of drug-likeness (QED) is 0.507. The fraction of sp³-hybridized carbons (Fsp3) is 0.154. The molecule has 1 atom stereocenters. The van der Waals surface area contributed by atoms with Gasteiger partial charge >= 0.3 is 0 Å². The van der Waals surface area contributed by atoms with E-state index in [0.717, 1.165) is 0 Å². The number of nitrogens with two attached hydrogens (primary N) is 1. The summed E-state index contributed by atoms with van der Waals surface area (Å²) in [4.78, 5) is 20.1. The molecule has 0 saturated carbocycles. The predicted octanol–water partition coefficient (Wildman–Crippen LogP) is 2.18. The number of carbonyl (C=O) groups excluding carboxylic acids is 1. The molecule has 0 aliphatic heterocycles. The van der Waals surface area contributed by atoms with Gasteiger partial charge in [0.1, 0.15) is 0 Å². The second-order valence-corrected chi connectivity index (χ2v) is 5.21.